The van der Waals surface area contributed by atoms with E-state index in [2.05, 4.69) is 21.5 Å². The van der Waals surface area contributed by atoms with Crippen molar-refractivity contribution in [3.05, 3.63) is 52.8 Å². The lowest BCUT2D eigenvalue weighted by atomic mass is 10.0. The van der Waals surface area contributed by atoms with E-state index in [4.69, 9.17) is 11.6 Å². The van der Waals surface area contributed by atoms with E-state index in [9.17, 15) is 13.2 Å². The molecule has 8 nitrogen and oxygen atoms in total. The zero-order valence-electron chi connectivity index (χ0n) is 17.1. The lowest BCUT2D eigenvalue weighted by Crippen LogP contribution is -2.28. The third-order valence-electron chi connectivity index (χ3n) is 5.27. The molecule has 0 fully saturated rings. The molecule has 3 N–H and O–H groups in total. The summed E-state index contributed by atoms with van der Waals surface area (Å²) < 4.78 is 24.8. The van der Waals surface area contributed by atoms with Crippen LogP contribution >= 0.6 is 0 Å². The summed E-state index contributed by atoms with van der Waals surface area (Å²) in [6, 6.07) is 8.25. The lowest BCUT2D eigenvalue weighted by molar-refractivity contribution is 0.0951. The number of amides is 1. The number of nitrogens with one attached hydrogen (secondary N) is 1. The summed E-state index contributed by atoms with van der Waals surface area (Å²) >= 11 is 0. The van der Waals surface area contributed by atoms with Crippen molar-refractivity contribution in [3.63, 3.8) is 0 Å². The number of aryl methyl sites for hydroxylation is 1. The SMILES string of the molecule is C#CCCC1(CCNC(=O)c2cc(C)n(Cc3ccc(S(N)(=O)=O)cc3)c2C)N=N1. The topological polar surface area (TPSA) is 119 Å². The Morgan fingerprint density at radius 3 is 2.47 bits per heavy atom. The summed E-state index contributed by atoms with van der Waals surface area (Å²) in [6.07, 6.45) is 7.25. The van der Waals surface area contributed by atoms with Crippen molar-refractivity contribution < 1.29 is 13.2 Å². The minimum Gasteiger partial charge on any atom is -0.352 e. The molecule has 2 aromatic rings. The number of aromatic nitrogens is 1. The summed E-state index contributed by atoms with van der Waals surface area (Å²) in [5.74, 6) is 2.44. The molecule has 1 amide bonds. The lowest BCUT2D eigenvalue weighted by Gasteiger charge is -2.12. The van der Waals surface area contributed by atoms with Gasteiger partial charge in [-0.3, -0.25) is 4.79 Å². The van der Waals surface area contributed by atoms with Crippen molar-refractivity contribution in [1.82, 2.24) is 9.88 Å². The minimum atomic E-state index is -3.72. The van der Waals surface area contributed by atoms with Crippen LogP contribution in [0.15, 0.2) is 45.5 Å². The van der Waals surface area contributed by atoms with Crippen molar-refractivity contribution in [3.8, 4) is 12.3 Å². The van der Waals surface area contributed by atoms with Gasteiger partial charge in [0.05, 0.1) is 10.5 Å². The van der Waals surface area contributed by atoms with Crippen molar-refractivity contribution in [2.75, 3.05) is 6.54 Å². The van der Waals surface area contributed by atoms with Gasteiger partial charge in [0.25, 0.3) is 5.91 Å². The first-order valence-corrected chi connectivity index (χ1v) is 11.1. The fourth-order valence-corrected chi connectivity index (χ4v) is 3.90. The molecule has 0 aliphatic carbocycles. The molecular weight excluding hydrogens is 402 g/mol. The molecular formula is C21H25N5O3S. The molecule has 1 aliphatic heterocycles. The molecule has 0 atom stereocenters. The number of carbonyl (C=O) groups excluding carboxylic acids is 1. The van der Waals surface area contributed by atoms with E-state index in [0.29, 0.717) is 37.9 Å². The van der Waals surface area contributed by atoms with Gasteiger partial charge in [0.2, 0.25) is 10.0 Å². The highest BCUT2D eigenvalue weighted by molar-refractivity contribution is 7.89. The molecule has 30 heavy (non-hydrogen) atoms. The van der Waals surface area contributed by atoms with Gasteiger partial charge < -0.3 is 9.88 Å². The zero-order chi connectivity index (χ0) is 21.9. The largest absolute Gasteiger partial charge is 0.352 e. The first-order valence-electron chi connectivity index (χ1n) is 9.59. The summed E-state index contributed by atoms with van der Waals surface area (Å²) in [4.78, 5) is 12.7. The fraction of sp³-hybridized carbons (Fsp3) is 0.381. The average molecular weight is 428 g/mol. The Kier molecular flexibility index (Phi) is 6.10. The molecule has 0 radical (unpaired) electrons. The van der Waals surface area contributed by atoms with Crippen molar-refractivity contribution in [1.29, 1.82) is 0 Å². The van der Waals surface area contributed by atoms with E-state index in [1.54, 1.807) is 12.1 Å². The number of terminal acetylenes is 1. The first kappa shape index (κ1) is 21.7. The number of carbonyl (C=O) groups is 1. The first-order chi connectivity index (χ1) is 14.1. The predicted octanol–water partition coefficient (Wildman–Crippen LogP) is 2.50. The molecule has 0 spiro atoms. The minimum absolute atomic E-state index is 0.0708. The van der Waals surface area contributed by atoms with Gasteiger partial charge in [0.1, 0.15) is 0 Å². The van der Waals surface area contributed by atoms with Gasteiger partial charge in [-0.25, -0.2) is 13.6 Å². The second-order valence-corrected chi connectivity index (χ2v) is 9.01. The van der Waals surface area contributed by atoms with Crippen LogP contribution in [-0.2, 0) is 16.6 Å². The van der Waals surface area contributed by atoms with Gasteiger partial charge in [0, 0.05) is 43.7 Å². The van der Waals surface area contributed by atoms with Crippen LogP contribution in [0, 0.1) is 26.2 Å². The van der Waals surface area contributed by atoms with Crippen molar-refractivity contribution >= 4 is 15.9 Å². The summed E-state index contributed by atoms with van der Waals surface area (Å²) in [7, 11) is -3.72. The van der Waals surface area contributed by atoms with Gasteiger partial charge in [-0.2, -0.15) is 10.2 Å². The number of primary sulfonamides is 1. The summed E-state index contributed by atoms with van der Waals surface area (Å²) in [6.45, 7) is 4.80. The third-order valence-corrected chi connectivity index (χ3v) is 6.20. The van der Waals surface area contributed by atoms with Gasteiger partial charge in [-0.15, -0.1) is 12.3 Å². The van der Waals surface area contributed by atoms with Crippen LogP contribution < -0.4 is 10.5 Å². The average Bonchev–Trinajstić information content (AvgIpc) is 3.41. The second kappa shape index (κ2) is 8.42. The van der Waals surface area contributed by atoms with E-state index >= 15 is 0 Å². The third kappa shape index (κ3) is 4.96. The fourth-order valence-electron chi connectivity index (χ4n) is 3.38. The van der Waals surface area contributed by atoms with Gasteiger partial charge in [-0.1, -0.05) is 12.1 Å². The molecule has 1 aliphatic rings. The number of rotatable bonds is 9. The van der Waals surface area contributed by atoms with Crippen LogP contribution in [0.4, 0.5) is 0 Å². The Balaban J connectivity index is 1.63. The Morgan fingerprint density at radius 1 is 1.23 bits per heavy atom. The monoisotopic (exact) mass is 427 g/mol. The number of sulfonamides is 1. The Labute approximate surface area is 176 Å². The number of hydrogen-bond acceptors (Lipinski definition) is 5. The summed E-state index contributed by atoms with van der Waals surface area (Å²) in [5, 5.41) is 16.2. The molecule has 3 rings (SSSR count). The molecule has 2 heterocycles. The van der Waals surface area contributed by atoms with Crippen molar-refractivity contribution in [2.45, 2.75) is 50.2 Å². The highest BCUT2D eigenvalue weighted by Crippen LogP contribution is 2.36. The Morgan fingerprint density at radius 2 is 1.90 bits per heavy atom. The second-order valence-electron chi connectivity index (χ2n) is 7.45. The smallest absolute Gasteiger partial charge is 0.253 e. The van der Waals surface area contributed by atoms with Crippen LogP contribution in [0.3, 0.4) is 0 Å². The number of benzene rings is 1. The van der Waals surface area contributed by atoms with E-state index < -0.39 is 15.7 Å². The maximum atomic E-state index is 12.7. The molecule has 0 unspecified atom stereocenters. The molecule has 0 saturated carbocycles. The van der Waals surface area contributed by atoms with Crippen LogP contribution in [0.5, 0.6) is 0 Å². The highest BCUT2D eigenvalue weighted by Gasteiger charge is 2.38. The van der Waals surface area contributed by atoms with Gasteiger partial charge in [-0.05, 0) is 37.6 Å². The van der Waals surface area contributed by atoms with Crippen LogP contribution in [0.2, 0.25) is 0 Å². The number of nitrogens with two attached hydrogens (primary N) is 1. The van der Waals surface area contributed by atoms with Gasteiger partial charge >= 0.3 is 0 Å². The molecule has 1 aromatic heterocycles. The predicted molar refractivity (Wildman–Crippen MR) is 113 cm³/mol. The van der Waals surface area contributed by atoms with Crippen LogP contribution in [0.25, 0.3) is 0 Å². The molecule has 0 bridgehead atoms. The van der Waals surface area contributed by atoms with E-state index in [1.807, 2.05) is 24.5 Å². The van der Waals surface area contributed by atoms with Gasteiger partial charge in [0.15, 0.2) is 5.66 Å². The molecule has 0 saturated heterocycles. The zero-order valence-corrected chi connectivity index (χ0v) is 17.9. The molecule has 158 valence electrons. The maximum Gasteiger partial charge on any atom is 0.253 e. The maximum absolute atomic E-state index is 12.7. The van der Waals surface area contributed by atoms with Crippen LogP contribution in [-0.4, -0.2) is 31.1 Å². The van der Waals surface area contributed by atoms with Crippen molar-refractivity contribution in [2.24, 2.45) is 15.4 Å². The molecule has 9 heteroatoms. The normalized spacial score (nSPS) is 14.3. The van der Waals surface area contributed by atoms with E-state index in [1.165, 1.54) is 12.1 Å². The van der Waals surface area contributed by atoms with Crippen LogP contribution in [0.1, 0.15) is 46.6 Å². The summed E-state index contributed by atoms with van der Waals surface area (Å²) in [5.41, 5.74) is 2.87. The Bertz CT molecular complexity index is 1120. The van der Waals surface area contributed by atoms with E-state index in [-0.39, 0.29) is 10.8 Å². The number of hydrogen-bond donors (Lipinski definition) is 2. The van der Waals surface area contributed by atoms with E-state index in [0.717, 1.165) is 17.0 Å². The Hall–Kier alpha value is -2.96. The number of nitrogens with zero attached hydrogens (tertiary/aromatic N) is 3. The standard InChI is InChI=1S/C21H25N5O3S/c1-4-5-10-21(24-25-21)11-12-23-20(27)19-13-15(2)26(16(19)3)14-17-6-8-18(9-7-17)30(22,28)29/h1,6-9,13H,5,10-12,14H2,2-3H3,(H,23,27)(H2,22,28,29). The molecule has 1 aromatic carbocycles. The highest BCUT2D eigenvalue weighted by atomic mass is 32.2. The quantitative estimate of drug-likeness (QED) is 0.598.